The fraction of sp³-hybridized carbons (Fsp3) is 0.300. The van der Waals surface area contributed by atoms with Gasteiger partial charge in [-0.05, 0) is 105 Å². The summed E-state index contributed by atoms with van der Waals surface area (Å²) in [4.78, 5) is 49.5. The number of unbranched alkanes of at least 4 members (excludes halogenated alkanes) is 1. The molecule has 1 atom stereocenters. The van der Waals surface area contributed by atoms with Gasteiger partial charge in [-0.25, -0.2) is 15.0 Å². The number of hydrogen-bond acceptors (Lipinski definition) is 12. The molecule has 0 radical (unpaired) electrons. The average molecular weight is 888 g/mol. The van der Waals surface area contributed by atoms with E-state index in [0.29, 0.717) is 37.6 Å². The lowest BCUT2D eigenvalue weighted by molar-refractivity contribution is -0.384. The third kappa shape index (κ3) is 12.9. The molecule has 4 aromatic carbocycles. The molecular weight excluding hydrogens is 835 g/mol. The van der Waals surface area contributed by atoms with Crippen LogP contribution in [0.4, 0.5) is 39.8 Å². The number of allylic oxidation sites excluding steroid dienone is 1. The van der Waals surface area contributed by atoms with Crippen LogP contribution in [0.25, 0.3) is 15.8 Å². The number of nitriles is 1. The van der Waals surface area contributed by atoms with E-state index in [2.05, 4.69) is 49.5 Å². The van der Waals surface area contributed by atoms with Gasteiger partial charge in [-0.1, -0.05) is 51.0 Å². The smallest absolute Gasteiger partial charge is 0.308 e. The molecular formula is C50H53N11O5. The number of likely N-dealkylation sites (N-methyl/N-ethyl adjacent to an activating group) is 2. The molecule has 4 aromatic rings. The summed E-state index contributed by atoms with van der Waals surface area (Å²) in [6.07, 6.45) is 7.00. The molecule has 0 saturated carbocycles. The van der Waals surface area contributed by atoms with E-state index in [4.69, 9.17) is 17.9 Å². The minimum Gasteiger partial charge on any atom is -0.464 e. The maximum Gasteiger partial charge on any atom is 0.308 e. The third-order valence-corrected chi connectivity index (χ3v) is 11.0. The molecule has 66 heavy (non-hydrogen) atoms. The second kappa shape index (κ2) is 24.5. The summed E-state index contributed by atoms with van der Waals surface area (Å²) < 4.78 is 5.63. The number of non-ortho nitro benzene ring substituents is 1. The summed E-state index contributed by atoms with van der Waals surface area (Å²) in [6.45, 7) is 26.5. The van der Waals surface area contributed by atoms with Gasteiger partial charge >= 0.3 is 5.97 Å². The highest BCUT2D eigenvalue weighted by Gasteiger charge is 2.36. The van der Waals surface area contributed by atoms with Crippen LogP contribution in [0.2, 0.25) is 0 Å². The summed E-state index contributed by atoms with van der Waals surface area (Å²) in [7, 11) is 0. The SMILES string of the molecule is [C-]#[N+]C1=C(/C=C/c2ccc(NNc3ccc(N(CC)CCOC(=O)C(CC)CCCC)cc3)cc2)C(=O)N(CCN(CC)c2ccc(N=Nc3ccc([N+](=O)[O-])cc3)cc2)/C1=C(\C#N)[N+]#[C-]. The topological polar surface area (TPSA) is 178 Å². The molecule has 0 aromatic heterocycles. The number of benzene rings is 4. The van der Waals surface area contributed by atoms with E-state index in [1.165, 1.54) is 29.2 Å². The Morgan fingerprint density at radius 1 is 0.864 bits per heavy atom. The van der Waals surface area contributed by atoms with Crippen molar-refractivity contribution in [1.82, 2.24) is 4.90 Å². The van der Waals surface area contributed by atoms with E-state index < -0.39 is 10.8 Å². The molecule has 1 aliphatic rings. The Hall–Kier alpha value is -8.29. The van der Waals surface area contributed by atoms with Gasteiger partial charge in [0.1, 0.15) is 6.61 Å². The highest BCUT2D eigenvalue weighted by atomic mass is 16.6. The first-order valence-corrected chi connectivity index (χ1v) is 21.9. The third-order valence-electron chi connectivity index (χ3n) is 11.0. The van der Waals surface area contributed by atoms with Crippen LogP contribution < -0.4 is 20.7 Å². The van der Waals surface area contributed by atoms with Gasteiger partial charge in [0.15, 0.2) is 0 Å². The van der Waals surface area contributed by atoms with Crippen LogP contribution in [0.3, 0.4) is 0 Å². The number of rotatable bonds is 23. The molecule has 1 heterocycles. The number of hydrazine groups is 1. The number of anilines is 4. The van der Waals surface area contributed by atoms with E-state index >= 15 is 0 Å². The van der Waals surface area contributed by atoms with Crippen LogP contribution in [-0.2, 0) is 14.3 Å². The largest absolute Gasteiger partial charge is 0.464 e. The number of ether oxygens (including phenoxy) is 1. The quantitative estimate of drug-likeness (QED) is 0.0182. The number of hydrogen-bond donors (Lipinski definition) is 2. The first kappa shape index (κ1) is 48.7. The van der Waals surface area contributed by atoms with Crippen LogP contribution in [-0.4, -0.2) is 61.0 Å². The molecule has 5 rings (SSSR count). The maximum absolute atomic E-state index is 14.0. The van der Waals surface area contributed by atoms with Crippen LogP contribution in [0.1, 0.15) is 58.9 Å². The first-order valence-electron chi connectivity index (χ1n) is 21.9. The summed E-state index contributed by atoms with van der Waals surface area (Å²) in [5, 5.41) is 29.2. The molecule has 0 aliphatic carbocycles. The molecule has 0 saturated heterocycles. The highest BCUT2D eigenvalue weighted by Crippen LogP contribution is 2.35. The van der Waals surface area contributed by atoms with Crippen molar-refractivity contribution in [3.05, 3.63) is 164 Å². The van der Waals surface area contributed by atoms with Gasteiger partial charge in [0.25, 0.3) is 11.4 Å². The molecule has 2 N–H and O–H groups in total. The minimum absolute atomic E-state index is 0.00460. The Morgan fingerprint density at radius 3 is 1.94 bits per heavy atom. The summed E-state index contributed by atoms with van der Waals surface area (Å²) >= 11 is 0. The van der Waals surface area contributed by atoms with E-state index in [1.54, 1.807) is 24.3 Å². The number of amides is 1. The van der Waals surface area contributed by atoms with Crippen LogP contribution >= 0.6 is 0 Å². The Kier molecular flexibility index (Phi) is 18.1. The van der Waals surface area contributed by atoms with Crippen molar-refractivity contribution >= 4 is 57.8 Å². The molecule has 0 spiro atoms. The number of azo groups is 1. The second-order valence-electron chi connectivity index (χ2n) is 15.1. The predicted molar refractivity (Wildman–Crippen MR) is 257 cm³/mol. The van der Waals surface area contributed by atoms with Crippen molar-refractivity contribution in [3.8, 4) is 6.07 Å². The number of nitrogens with one attached hydrogen (secondary N) is 2. The first-order chi connectivity index (χ1) is 32.1. The van der Waals surface area contributed by atoms with Gasteiger partial charge in [-0.15, -0.1) is 0 Å². The molecule has 1 amide bonds. The Bertz CT molecular complexity index is 2550. The van der Waals surface area contributed by atoms with Crippen molar-refractivity contribution in [3.63, 3.8) is 0 Å². The van der Waals surface area contributed by atoms with Gasteiger partial charge in [0.05, 0.1) is 65.0 Å². The van der Waals surface area contributed by atoms with Gasteiger partial charge < -0.3 is 30.3 Å². The lowest BCUT2D eigenvalue weighted by Gasteiger charge is -2.27. The normalized spacial score (nSPS) is 13.5. The average Bonchev–Trinajstić information content (AvgIpc) is 3.61. The maximum atomic E-state index is 14.0. The number of esters is 1. The fourth-order valence-electron chi connectivity index (χ4n) is 7.17. The highest BCUT2D eigenvalue weighted by molar-refractivity contribution is 6.04. The standard InChI is InChI=1S/C50H53N11O5/c1-7-11-12-37(8-2)50(63)66-34-33-59(10-4)43-26-20-40(21-27-43)55-54-38-16-13-36(14-17-38)15-30-45-47(53-6)48(46(35-51)52-5)60(49(45)62)32-31-58(9-3)42-24-18-39(19-25-42)56-57-41-22-28-44(29-23-41)61(64)65/h13-30,37,54-55H,7-12,31-34H2,1-4H3/b30-15+,48-46+,57-56?. The van der Waals surface area contributed by atoms with Gasteiger partial charge in [0, 0.05) is 55.3 Å². The molecule has 0 fully saturated rings. The lowest BCUT2D eigenvalue weighted by Crippen LogP contribution is -2.36. The number of nitro benzene ring substituents is 1. The van der Waals surface area contributed by atoms with Gasteiger partial charge in [-0.3, -0.25) is 19.7 Å². The van der Waals surface area contributed by atoms with Crippen molar-refractivity contribution in [2.45, 2.75) is 53.4 Å². The van der Waals surface area contributed by atoms with E-state index in [0.717, 1.165) is 60.5 Å². The summed E-state index contributed by atoms with van der Waals surface area (Å²) in [5.74, 6) is -0.638. The summed E-state index contributed by atoms with van der Waals surface area (Å²) in [5.41, 5.74) is 11.3. The number of nitrogens with zero attached hydrogens (tertiary/aromatic N) is 9. The van der Waals surface area contributed by atoms with Crippen molar-refractivity contribution in [1.29, 1.82) is 5.26 Å². The number of nitro groups is 1. The molecule has 338 valence electrons. The Labute approximate surface area is 385 Å². The Balaban J connectivity index is 1.18. The second-order valence-corrected chi connectivity index (χ2v) is 15.1. The molecule has 1 unspecified atom stereocenters. The van der Waals surface area contributed by atoms with Gasteiger partial charge in [0.2, 0.25) is 11.6 Å². The van der Waals surface area contributed by atoms with Crippen molar-refractivity contribution < 1.29 is 19.2 Å². The predicted octanol–water partition coefficient (Wildman–Crippen LogP) is 11.2. The van der Waals surface area contributed by atoms with Gasteiger partial charge in [-0.2, -0.15) is 10.2 Å². The minimum atomic E-state index is -0.483. The zero-order valence-electron chi connectivity index (χ0n) is 37.6. The van der Waals surface area contributed by atoms with E-state index in [1.807, 2.05) is 85.5 Å². The molecule has 0 bridgehead atoms. The molecule has 16 nitrogen and oxygen atoms in total. The molecule has 16 heteroatoms. The summed E-state index contributed by atoms with van der Waals surface area (Å²) in [6, 6.07) is 30.3. The zero-order valence-corrected chi connectivity index (χ0v) is 37.6. The fourth-order valence-corrected chi connectivity index (χ4v) is 7.17. The monoisotopic (exact) mass is 887 g/mol. The van der Waals surface area contributed by atoms with Crippen molar-refractivity contribution in [2.75, 3.05) is 60.0 Å². The lowest BCUT2D eigenvalue weighted by atomic mass is 10.00. The Morgan fingerprint density at radius 2 is 1.42 bits per heavy atom. The zero-order chi connectivity index (χ0) is 47.4. The van der Waals surface area contributed by atoms with Crippen LogP contribution in [0.15, 0.2) is 136 Å². The van der Waals surface area contributed by atoms with E-state index in [9.17, 15) is 25.0 Å². The van der Waals surface area contributed by atoms with Crippen LogP contribution in [0.5, 0.6) is 0 Å². The number of carbonyl (C=O) groups excluding carboxylic acids is 2. The van der Waals surface area contributed by atoms with Crippen LogP contribution in [0, 0.1) is 40.5 Å². The van der Waals surface area contributed by atoms with E-state index in [-0.39, 0.29) is 46.8 Å². The van der Waals surface area contributed by atoms with Crippen molar-refractivity contribution in [2.24, 2.45) is 16.1 Å². The number of carbonyl (C=O) groups is 2. The molecule has 1 aliphatic heterocycles.